The van der Waals surface area contributed by atoms with E-state index in [1.165, 1.54) is 5.56 Å². The van der Waals surface area contributed by atoms with Gasteiger partial charge in [-0.2, -0.15) is 5.10 Å². The maximum Gasteiger partial charge on any atom is 0.243 e. The second-order valence-electron chi connectivity index (χ2n) is 4.87. The molecule has 1 saturated carbocycles. The zero-order valence-corrected chi connectivity index (χ0v) is 10.9. The van der Waals surface area contributed by atoms with Crippen molar-refractivity contribution < 1.29 is 4.79 Å². The molecule has 0 aliphatic heterocycles. The van der Waals surface area contributed by atoms with Crippen LogP contribution in [0.25, 0.3) is 0 Å². The van der Waals surface area contributed by atoms with Gasteiger partial charge in [0, 0.05) is 18.3 Å². The highest BCUT2D eigenvalue weighted by molar-refractivity contribution is 5.85. The first-order chi connectivity index (χ1) is 9.84. The SMILES string of the molecule is O=C(N/N=C/c1ccncc1)C1CC1c1ccccc1. The van der Waals surface area contributed by atoms with E-state index in [1.54, 1.807) is 18.6 Å². The molecule has 1 amide bonds. The van der Waals surface area contributed by atoms with Crippen molar-refractivity contribution in [2.24, 2.45) is 11.0 Å². The number of pyridine rings is 1. The van der Waals surface area contributed by atoms with E-state index in [0.717, 1.165) is 12.0 Å². The molecule has 4 heteroatoms. The van der Waals surface area contributed by atoms with Crippen molar-refractivity contribution in [3.8, 4) is 0 Å². The van der Waals surface area contributed by atoms with Crippen LogP contribution in [0.5, 0.6) is 0 Å². The number of carbonyl (C=O) groups is 1. The molecule has 3 rings (SSSR count). The molecule has 2 atom stereocenters. The molecule has 1 N–H and O–H groups in total. The van der Waals surface area contributed by atoms with Gasteiger partial charge < -0.3 is 0 Å². The van der Waals surface area contributed by atoms with E-state index < -0.39 is 0 Å². The second-order valence-corrected chi connectivity index (χ2v) is 4.87. The lowest BCUT2D eigenvalue weighted by molar-refractivity contribution is -0.122. The fourth-order valence-corrected chi connectivity index (χ4v) is 2.26. The number of rotatable bonds is 4. The number of hydrazone groups is 1. The first-order valence-electron chi connectivity index (χ1n) is 6.62. The third-order valence-corrected chi connectivity index (χ3v) is 3.45. The van der Waals surface area contributed by atoms with Gasteiger partial charge in [0.1, 0.15) is 0 Å². The molecular weight excluding hydrogens is 250 g/mol. The van der Waals surface area contributed by atoms with E-state index in [1.807, 2.05) is 30.3 Å². The van der Waals surface area contributed by atoms with Gasteiger partial charge in [0.2, 0.25) is 5.91 Å². The molecule has 1 aliphatic rings. The number of amides is 1. The number of benzene rings is 1. The van der Waals surface area contributed by atoms with Crippen molar-refractivity contribution in [1.29, 1.82) is 0 Å². The maximum atomic E-state index is 11.9. The third kappa shape index (κ3) is 2.91. The molecule has 1 heterocycles. The van der Waals surface area contributed by atoms with Crippen molar-refractivity contribution in [2.45, 2.75) is 12.3 Å². The van der Waals surface area contributed by atoms with E-state index in [0.29, 0.717) is 5.92 Å². The summed E-state index contributed by atoms with van der Waals surface area (Å²) in [7, 11) is 0. The standard InChI is InChI=1S/C16H15N3O/c20-16(19-18-11-12-6-8-17-9-7-12)15-10-14(15)13-4-2-1-3-5-13/h1-9,11,14-15H,10H2,(H,19,20)/b18-11+. The van der Waals surface area contributed by atoms with Gasteiger partial charge in [0.25, 0.3) is 0 Å². The molecule has 0 bridgehead atoms. The van der Waals surface area contributed by atoms with Crippen LogP contribution in [0.2, 0.25) is 0 Å². The average molecular weight is 265 g/mol. The normalized spacial score (nSPS) is 20.8. The van der Waals surface area contributed by atoms with Gasteiger partial charge in [-0.3, -0.25) is 9.78 Å². The van der Waals surface area contributed by atoms with Crippen molar-refractivity contribution >= 4 is 12.1 Å². The van der Waals surface area contributed by atoms with Gasteiger partial charge in [-0.05, 0) is 35.6 Å². The Morgan fingerprint density at radius 1 is 1.20 bits per heavy atom. The monoisotopic (exact) mass is 265 g/mol. The Kier molecular flexibility index (Phi) is 3.54. The average Bonchev–Trinajstić information content (AvgIpc) is 3.30. The molecule has 2 unspecified atom stereocenters. The van der Waals surface area contributed by atoms with Gasteiger partial charge in [-0.15, -0.1) is 0 Å². The Hall–Kier alpha value is -2.49. The predicted molar refractivity (Wildman–Crippen MR) is 77.3 cm³/mol. The minimum absolute atomic E-state index is 0.0100. The third-order valence-electron chi connectivity index (χ3n) is 3.45. The Balaban J connectivity index is 1.53. The molecule has 20 heavy (non-hydrogen) atoms. The Bertz CT molecular complexity index is 610. The molecule has 1 aliphatic carbocycles. The van der Waals surface area contributed by atoms with Crippen molar-refractivity contribution in [1.82, 2.24) is 10.4 Å². The molecule has 1 fully saturated rings. The summed E-state index contributed by atoms with van der Waals surface area (Å²) in [4.78, 5) is 15.9. The molecule has 1 aromatic heterocycles. The molecular formula is C16H15N3O. The first-order valence-corrected chi connectivity index (χ1v) is 6.62. The Labute approximate surface area is 117 Å². The van der Waals surface area contributed by atoms with Crippen LogP contribution in [-0.2, 0) is 4.79 Å². The van der Waals surface area contributed by atoms with E-state index in [-0.39, 0.29) is 11.8 Å². The van der Waals surface area contributed by atoms with Crippen LogP contribution >= 0.6 is 0 Å². The lowest BCUT2D eigenvalue weighted by Gasteiger charge is -1.99. The van der Waals surface area contributed by atoms with Gasteiger partial charge >= 0.3 is 0 Å². The minimum atomic E-state index is -0.0100. The topological polar surface area (TPSA) is 54.4 Å². The summed E-state index contributed by atoms with van der Waals surface area (Å²) >= 11 is 0. The highest BCUT2D eigenvalue weighted by Gasteiger charge is 2.43. The summed E-state index contributed by atoms with van der Waals surface area (Å²) in [5, 5.41) is 3.98. The summed E-state index contributed by atoms with van der Waals surface area (Å²) < 4.78 is 0. The van der Waals surface area contributed by atoms with Crippen molar-refractivity contribution in [3.63, 3.8) is 0 Å². The highest BCUT2D eigenvalue weighted by atomic mass is 16.2. The van der Waals surface area contributed by atoms with Crippen LogP contribution in [0.15, 0.2) is 60.0 Å². The molecule has 0 radical (unpaired) electrons. The number of hydrogen-bond donors (Lipinski definition) is 1. The van der Waals surface area contributed by atoms with Crippen LogP contribution in [0.4, 0.5) is 0 Å². The lowest BCUT2D eigenvalue weighted by Crippen LogP contribution is -2.20. The smallest absolute Gasteiger partial charge is 0.243 e. The molecule has 2 aromatic rings. The van der Waals surface area contributed by atoms with Gasteiger partial charge in [-0.1, -0.05) is 30.3 Å². The van der Waals surface area contributed by atoms with Gasteiger partial charge in [0.15, 0.2) is 0 Å². The predicted octanol–water partition coefficient (Wildman–Crippen LogP) is 2.34. The van der Waals surface area contributed by atoms with E-state index in [9.17, 15) is 4.79 Å². The van der Waals surface area contributed by atoms with Crippen LogP contribution < -0.4 is 5.43 Å². The zero-order valence-electron chi connectivity index (χ0n) is 10.9. The first kappa shape index (κ1) is 12.5. The summed E-state index contributed by atoms with van der Waals surface area (Å²) in [5.74, 6) is 0.378. The Morgan fingerprint density at radius 2 is 1.95 bits per heavy atom. The number of nitrogens with one attached hydrogen (secondary N) is 1. The molecule has 0 spiro atoms. The number of carbonyl (C=O) groups excluding carboxylic acids is 1. The lowest BCUT2D eigenvalue weighted by atomic mass is 10.1. The summed E-state index contributed by atoms with van der Waals surface area (Å²) in [6.07, 6.45) is 5.91. The fourth-order valence-electron chi connectivity index (χ4n) is 2.26. The quantitative estimate of drug-likeness (QED) is 0.681. The number of nitrogens with zero attached hydrogens (tertiary/aromatic N) is 2. The molecule has 1 aromatic carbocycles. The van der Waals surface area contributed by atoms with Crippen molar-refractivity contribution in [3.05, 3.63) is 66.0 Å². The number of aromatic nitrogens is 1. The molecule has 4 nitrogen and oxygen atoms in total. The molecule has 0 saturated heterocycles. The zero-order chi connectivity index (χ0) is 13.8. The summed E-state index contributed by atoms with van der Waals surface area (Å²) in [6.45, 7) is 0. The van der Waals surface area contributed by atoms with E-state index >= 15 is 0 Å². The summed E-state index contributed by atoms with van der Waals surface area (Å²) in [5.41, 5.74) is 4.74. The van der Waals surface area contributed by atoms with Crippen LogP contribution in [-0.4, -0.2) is 17.1 Å². The minimum Gasteiger partial charge on any atom is -0.273 e. The maximum absolute atomic E-state index is 11.9. The fraction of sp³-hybridized carbons (Fsp3) is 0.188. The van der Waals surface area contributed by atoms with Gasteiger partial charge in [-0.25, -0.2) is 5.43 Å². The van der Waals surface area contributed by atoms with Crippen LogP contribution in [0.1, 0.15) is 23.5 Å². The largest absolute Gasteiger partial charge is 0.273 e. The number of hydrogen-bond acceptors (Lipinski definition) is 3. The van der Waals surface area contributed by atoms with Crippen molar-refractivity contribution in [2.75, 3.05) is 0 Å². The highest BCUT2D eigenvalue weighted by Crippen LogP contribution is 2.47. The van der Waals surface area contributed by atoms with Crippen LogP contribution in [0, 0.1) is 5.92 Å². The van der Waals surface area contributed by atoms with Crippen LogP contribution in [0.3, 0.4) is 0 Å². The van der Waals surface area contributed by atoms with Gasteiger partial charge in [0.05, 0.1) is 6.21 Å². The second kappa shape index (κ2) is 5.65. The van der Waals surface area contributed by atoms with E-state index in [4.69, 9.17) is 0 Å². The molecule has 100 valence electrons. The summed E-state index contributed by atoms with van der Waals surface area (Å²) in [6, 6.07) is 13.8. The van der Waals surface area contributed by atoms with E-state index in [2.05, 4.69) is 27.6 Å². The Morgan fingerprint density at radius 3 is 2.70 bits per heavy atom.